The smallest absolute Gasteiger partial charge is 0.475 e. The number of hydrogen-bond donors (Lipinski definition) is 3. The van der Waals surface area contributed by atoms with Gasteiger partial charge in [0, 0.05) is 36.0 Å². The molecule has 0 bridgehead atoms. The Morgan fingerprint density at radius 3 is 2.48 bits per heavy atom. The number of carboxylic acid groups (broad SMARTS) is 1. The maximum atomic E-state index is 14.0. The average Bonchev–Trinajstić information content (AvgIpc) is 3.06. The molecular weight excluding hydrogens is 533 g/mol. The molecule has 162 valence electrons. The number of aliphatic carboxylic acids is 1. The Hall–Kier alpha value is -2.96. The van der Waals surface area contributed by atoms with Crippen LogP contribution < -0.4 is 5.32 Å². The monoisotopic (exact) mass is 547 g/mol. The molecule has 0 fully saturated rings. The lowest BCUT2D eigenvalue weighted by molar-refractivity contribution is -0.192. The maximum Gasteiger partial charge on any atom is 0.490 e. The molecule has 0 unspecified atom stereocenters. The lowest BCUT2D eigenvalue weighted by atomic mass is 10.1. The van der Waals surface area contributed by atoms with Crippen molar-refractivity contribution in [3.05, 3.63) is 63.2 Å². The molecule has 3 N–H and O–H groups in total. The number of pyridine rings is 1. The number of amides is 1. The summed E-state index contributed by atoms with van der Waals surface area (Å²) in [4.78, 5) is 28.6. The van der Waals surface area contributed by atoms with Crippen molar-refractivity contribution >= 4 is 34.5 Å². The number of halogens is 5. The van der Waals surface area contributed by atoms with Crippen LogP contribution in [-0.2, 0) is 11.2 Å². The molecule has 4 rings (SSSR count). The lowest BCUT2D eigenvalue weighted by Gasteiger charge is -2.11. The molecule has 1 aliphatic heterocycles. The van der Waals surface area contributed by atoms with Crippen LogP contribution in [0.25, 0.3) is 22.5 Å². The van der Waals surface area contributed by atoms with E-state index in [0.29, 0.717) is 23.4 Å². The quantitative estimate of drug-likeness (QED) is 0.328. The second-order valence-electron chi connectivity index (χ2n) is 6.39. The van der Waals surface area contributed by atoms with Gasteiger partial charge >= 0.3 is 12.1 Å². The Labute approximate surface area is 186 Å². The van der Waals surface area contributed by atoms with E-state index in [9.17, 15) is 22.4 Å². The molecule has 0 saturated heterocycles. The van der Waals surface area contributed by atoms with Crippen molar-refractivity contribution in [3.8, 4) is 22.5 Å². The highest BCUT2D eigenvalue weighted by molar-refractivity contribution is 14.1. The highest BCUT2D eigenvalue weighted by Gasteiger charge is 2.38. The van der Waals surface area contributed by atoms with Crippen molar-refractivity contribution < 1.29 is 32.3 Å². The molecule has 3 aromatic rings. The maximum absolute atomic E-state index is 14.0. The first-order valence-electron chi connectivity index (χ1n) is 8.79. The van der Waals surface area contributed by atoms with Gasteiger partial charge in [0.15, 0.2) is 0 Å². The van der Waals surface area contributed by atoms with Gasteiger partial charge in [-0.3, -0.25) is 9.78 Å². The Morgan fingerprint density at radius 2 is 1.87 bits per heavy atom. The molecule has 1 aromatic carbocycles. The standard InChI is InChI=1S/C18H13FIN3O.C2HF3O2/c19-12-4-2-1-3-11(12)14-9-10(5-7-21-14)17-16(20)15-13(23-17)6-8-22-18(15)24;3-2(4,5)1(6)7/h1-5,7,9,23H,6,8H2,(H,22,24);(H,6,7). The summed E-state index contributed by atoms with van der Waals surface area (Å²) >= 11 is 2.18. The Balaban J connectivity index is 0.000000339. The van der Waals surface area contributed by atoms with E-state index in [0.717, 1.165) is 26.9 Å². The predicted molar refractivity (Wildman–Crippen MR) is 112 cm³/mol. The molecule has 0 saturated carbocycles. The number of H-pyrrole nitrogens is 1. The predicted octanol–water partition coefficient (Wildman–Crippen LogP) is 4.41. The fourth-order valence-corrected chi connectivity index (χ4v) is 3.96. The number of alkyl halides is 3. The van der Waals surface area contributed by atoms with E-state index in [2.05, 4.69) is 37.9 Å². The number of rotatable bonds is 2. The van der Waals surface area contributed by atoms with Crippen LogP contribution >= 0.6 is 22.6 Å². The van der Waals surface area contributed by atoms with Gasteiger partial charge in [-0.15, -0.1) is 0 Å². The molecule has 1 aliphatic rings. The van der Waals surface area contributed by atoms with Gasteiger partial charge in [0.25, 0.3) is 5.91 Å². The Bertz CT molecular complexity index is 1140. The van der Waals surface area contributed by atoms with E-state index in [1.54, 1.807) is 24.4 Å². The van der Waals surface area contributed by atoms with Gasteiger partial charge in [0.05, 0.1) is 20.5 Å². The number of carboxylic acids is 1. The van der Waals surface area contributed by atoms with E-state index in [1.807, 2.05) is 12.1 Å². The minimum Gasteiger partial charge on any atom is -0.475 e. The number of aromatic nitrogens is 2. The van der Waals surface area contributed by atoms with Crippen LogP contribution in [0, 0.1) is 9.39 Å². The third kappa shape index (κ3) is 5.03. The second-order valence-corrected chi connectivity index (χ2v) is 7.46. The van der Waals surface area contributed by atoms with Crippen LogP contribution in [0.4, 0.5) is 17.6 Å². The molecule has 0 radical (unpaired) electrons. The number of benzene rings is 1. The number of nitrogens with one attached hydrogen (secondary N) is 2. The van der Waals surface area contributed by atoms with E-state index < -0.39 is 12.1 Å². The third-order valence-corrected chi connectivity index (χ3v) is 5.42. The van der Waals surface area contributed by atoms with Crippen molar-refractivity contribution in [2.24, 2.45) is 0 Å². The number of carbonyl (C=O) groups is 2. The molecular formula is C20H14F4IN3O3. The van der Waals surface area contributed by atoms with Gasteiger partial charge < -0.3 is 15.4 Å². The van der Waals surface area contributed by atoms with Crippen molar-refractivity contribution in [1.82, 2.24) is 15.3 Å². The highest BCUT2D eigenvalue weighted by Crippen LogP contribution is 2.33. The summed E-state index contributed by atoms with van der Waals surface area (Å²) in [6, 6.07) is 10.3. The van der Waals surface area contributed by atoms with Crippen LogP contribution in [0.3, 0.4) is 0 Å². The summed E-state index contributed by atoms with van der Waals surface area (Å²) in [6.07, 6.45) is -2.64. The lowest BCUT2D eigenvalue weighted by Crippen LogP contribution is -2.31. The van der Waals surface area contributed by atoms with Gasteiger partial charge in [-0.25, -0.2) is 9.18 Å². The molecule has 0 aliphatic carbocycles. The first kappa shape index (κ1) is 22.7. The molecule has 2 aromatic heterocycles. The zero-order chi connectivity index (χ0) is 22.8. The molecule has 11 heteroatoms. The minimum atomic E-state index is -5.08. The Kier molecular flexibility index (Phi) is 6.62. The summed E-state index contributed by atoms with van der Waals surface area (Å²) in [7, 11) is 0. The van der Waals surface area contributed by atoms with Gasteiger partial charge in [-0.2, -0.15) is 13.2 Å². The van der Waals surface area contributed by atoms with E-state index in [4.69, 9.17) is 9.90 Å². The zero-order valence-corrected chi connectivity index (χ0v) is 17.7. The number of aromatic amines is 1. The Morgan fingerprint density at radius 1 is 1.19 bits per heavy atom. The molecule has 0 spiro atoms. The van der Waals surface area contributed by atoms with Crippen LogP contribution in [0.2, 0.25) is 0 Å². The summed E-state index contributed by atoms with van der Waals surface area (Å²) < 4.78 is 46.6. The summed E-state index contributed by atoms with van der Waals surface area (Å²) in [5, 5.41) is 9.99. The fourth-order valence-electron chi connectivity index (χ4n) is 2.94. The third-order valence-electron chi connectivity index (χ3n) is 4.35. The number of fused-ring (bicyclic) bond motifs is 1. The molecule has 1 amide bonds. The minimum absolute atomic E-state index is 0.0495. The van der Waals surface area contributed by atoms with Gasteiger partial charge in [-0.05, 0) is 46.9 Å². The van der Waals surface area contributed by atoms with Crippen LogP contribution in [0.1, 0.15) is 16.1 Å². The topological polar surface area (TPSA) is 95.1 Å². The normalized spacial score (nSPS) is 13.0. The molecule has 6 nitrogen and oxygen atoms in total. The highest BCUT2D eigenvalue weighted by atomic mass is 127. The average molecular weight is 547 g/mol. The van der Waals surface area contributed by atoms with Gasteiger partial charge in [0.1, 0.15) is 5.82 Å². The van der Waals surface area contributed by atoms with Gasteiger partial charge in [-0.1, -0.05) is 12.1 Å². The van der Waals surface area contributed by atoms with Crippen LogP contribution in [0.5, 0.6) is 0 Å². The van der Waals surface area contributed by atoms with Crippen LogP contribution in [0.15, 0.2) is 42.6 Å². The number of nitrogens with zero attached hydrogens (tertiary/aromatic N) is 1. The zero-order valence-electron chi connectivity index (χ0n) is 15.6. The van der Waals surface area contributed by atoms with E-state index in [-0.39, 0.29) is 11.7 Å². The molecule has 0 atom stereocenters. The summed E-state index contributed by atoms with van der Waals surface area (Å²) in [6.45, 7) is 0.638. The fraction of sp³-hybridized carbons (Fsp3) is 0.150. The van der Waals surface area contributed by atoms with E-state index in [1.165, 1.54) is 6.07 Å². The van der Waals surface area contributed by atoms with Crippen molar-refractivity contribution in [2.45, 2.75) is 12.6 Å². The first-order chi connectivity index (χ1) is 14.6. The van der Waals surface area contributed by atoms with Crippen molar-refractivity contribution in [3.63, 3.8) is 0 Å². The number of hydrogen-bond acceptors (Lipinski definition) is 3. The van der Waals surface area contributed by atoms with Crippen molar-refractivity contribution in [1.29, 1.82) is 0 Å². The second kappa shape index (κ2) is 9.04. The largest absolute Gasteiger partial charge is 0.490 e. The van der Waals surface area contributed by atoms with Gasteiger partial charge in [0.2, 0.25) is 0 Å². The first-order valence-corrected chi connectivity index (χ1v) is 9.87. The number of carbonyl (C=O) groups excluding carboxylic acids is 1. The SMILES string of the molecule is O=C(O)C(F)(F)F.O=C1NCCc2[nH]c(-c3ccnc(-c4ccccc4F)c3)c(I)c21. The molecule has 31 heavy (non-hydrogen) atoms. The summed E-state index contributed by atoms with van der Waals surface area (Å²) in [5.74, 6) is -3.11. The summed E-state index contributed by atoms with van der Waals surface area (Å²) in [5.41, 5.74) is 4.44. The molecule has 3 heterocycles. The van der Waals surface area contributed by atoms with E-state index >= 15 is 0 Å². The van der Waals surface area contributed by atoms with Crippen molar-refractivity contribution in [2.75, 3.05) is 6.54 Å². The van der Waals surface area contributed by atoms with Crippen LogP contribution in [-0.4, -0.2) is 39.7 Å².